The molecule has 2 N–H and O–H groups in total. The first kappa shape index (κ1) is 18.3. The van der Waals surface area contributed by atoms with Gasteiger partial charge < -0.3 is 15.5 Å². The molecular formula is C18H32N4S. The summed E-state index contributed by atoms with van der Waals surface area (Å²) in [6, 6.07) is 4.44. The van der Waals surface area contributed by atoms with Gasteiger partial charge in [0.2, 0.25) is 0 Å². The highest BCUT2D eigenvalue weighted by Crippen LogP contribution is 2.19. The zero-order chi connectivity index (χ0) is 16.5. The van der Waals surface area contributed by atoms with E-state index in [0.717, 1.165) is 31.4 Å². The minimum absolute atomic E-state index is 0.860. The van der Waals surface area contributed by atoms with Crippen molar-refractivity contribution in [2.45, 2.75) is 46.1 Å². The van der Waals surface area contributed by atoms with Crippen LogP contribution >= 0.6 is 11.3 Å². The van der Waals surface area contributed by atoms with Gasteiger partial charge in [0.1, 0.15) is 0 Å². The molecular weight excluding hydrogens is 304 g/mol. The Hall–Kier alpha value is -1.07. The van der Waals surface area contributed by atoms with Crippen molar-refractivity contribution < 1.29 is 0 Å². The first-order valence-corrected chi connectivity index (χ1v) is 9.81. The number of hydrogen-bond acceptors (Lipinski definition) is 3. The molecule has 1 saturated heterocycles. The molecule has 0 unspecified atom stereocenters. The zero-order valence-corrected chi connectivity index (χ0v) is 15.7. The van der Waals surface area contributed by atoms with Crippen LogP contribution in [0.15, 0.2) is 17.1 Å². The fourth-order valence-corrected chi connectivity index (χ4v) is 3.98. The third kappa shape index (κ3) is 6.15. The second-order valence-corrected chi connectivity index (χ2v) is 7.49. The number of guanidine groups is 1. The van der Waals surface area contributed by atoms with E-state index < -0.39 is 0 Å². The first-order valence-electron chi connectivity index (χ1n) is 8.99. The van der Waals surface area contributed by atoms with Crippen LogP contribution in [-0.4, -0.2) is 44.1 Å². The first-order chi connectivity index (χ1) is 11.2. The van der Waals surface area contributed by atoms with Gasteiger partial charge in [-0.25, -0.2) is 0 Å². The molecule has 0 atom stereocenters. The summed E-state index contributed by atoms with van der Waals surface area (Å²) in [5, 5.41) is 6.88. The maximum Gasteiger partial charge on any atom is 0.191 e. The Labute approximate surface area is 145 Å². The molecule has 1 aliphatic heterocycles. The van der Waals surface area contributed by atoms with E-state index >= 15 is 0 Å². The lowest BCUT2D eigenvalue weighted by molar-refractivity contribution is 0.187. The third-order valence-electron chi connectivity index (χ3n) is 4.72. The van der Waals surface area contributed by atoms with Gasteiger partial charge in [-0.1, -0.05) is 13.8 Å². The number of piperidine rings is 1. The van der Waals surface area contributed by atoms with Gasteiger partial charge in [0.15, 0.2) is 5.96 Å². The number of aryl methyl sites for hydroxylation is 1. The highest BCUT2D eigenvalue weighted by molar-refractivity contribution is 7.11. The van der Waals surface area contributed by atoms with Crippen LogP contribution in [0.5, 0.6) is 0 Å². The van der Waals surface area contributed by atoms with Crippen LogP contribution in [-0.2, 0) is 13.0 Å². The normalized spacial score (nSPS) is 17.4. The molecule has 0 spiro atoms. The Morgan fingerprint density at radius 2 is 1.96 bits per heavy atom. The fourth-order valence-electron chi connectivity index (χ4n) is 3.08. The van der Waals surface area contributed by atoms with Crippen molar-refractivity contribution in [3.8, 4) is 0 Å². The molecule has 0 bridgehead atoms. The lowest BCUT2D eigenvalue weighted by Gasteiger charge is -2.31. The van der Waals surface area contributed by atoms with E-state index in [0.29, 0.717) is 0 Å². The molecule has 2 heterocycles. The van der Waals surface area contributed by atoms with Crippen LogP contribution in [0.1, 0.15) is 42.9 Å². The quantitative estimate of drug-likeness (QED) is 0.594. The summed E-state index contributed by atoms with van der Waals surface area (Å²) in [4.78, 5) is 9.70. The molecule has 23 heavy (non-hydrogen) atoms. The van der Waals surface area contributed by atoms with E-state index in [9.17, 15) is 0 Å². The summed E-state index contributed by atoms with van der Waals surface area (Å²) in [5.74, 6) is 1.79. The molecule has 130 valence electrons. The van der Waals surface area contributed by atoms with Gasteiger partial charge >= 0.3 is 0 Å². The van der Waals surface area contributed by atoms with E-state index in [1.54, 1.807) is 0 Å². The van der Waals surface area contributed by atoms with Crippen molar-refractivity contribution >= 4 is 17.3 Å². The summed E-state index contributed by atoms with van der Waals surface area (Å²) >= 11 is 1.88. The summed E-state index contributed by atoms with van der Waals surface area (Å²) < 4.78 is 0. The number of likely N-dealkylation sites (tertiary alicyclic amines) is 1. The van der Waals surface area contributed by atoms with Gasteiger partial charge in [-0.3, -0.25) is 4.99 Å². The van der Waals surface area contributed by atoms with E-state index in [1.807, 2.05) is 18.4 Å². The number of rotatable bonds is 7. The average molecular weight is 337 g/mol. The Morgan fingerprint density at radius 3 is 2.57 bits per heavy atom. The van der Waals surface area contributed by atoms with Crippen molar-refractivity contribution in [3.63, 3.8) is 0 Å². The summed E-state index contributed by atoms with van der Waals surface area (Å²) in [6.45, 7) is 10.1. The summed E-state index contributed by atoms with van der Waals surface area (Å²) in [7, 11) is 1.85. The minimum atomic E-state index is 0.860. The highest BCUT2D eigenvalue weighted by Gasteiger charge is 2.17. The second-order valence-electron chi connectivity index (χ2n) is 6.24. The van der Waals surface area contributed by atoms with E-state index in [1.165, 1.54) is 48.7 Å². The van der Waals surface area contributed by atoms with Crippen molar-refractivity contribution in [2.75, 3.05) is 33.2 Å². The molecule has 2 rings (SSSR count). The maximum atomic E-state index is 4.33. The van der Waals surface area contributed by atoms with E-state index in [2.05, 4.69) is 46.5 Å². The standard InChI is InChI=1S/C18H32N4S/c1-4-16-6-7-17(23-16)14-21-18(19-3)20-11-8-15-9-12-22(5-2)13-10-15/h6-7,15H,4-5,8-14H2,1-3H3,(H2,19,20,21). The Balaban J connectivity index is 1.63. The van der Waals surface area contributed by atoms with Crippen molar-refractivity contribution in [1.29, 1.82) is 0 Å². The molecule has 1 fully saturated rings. The van der Waals surface area contributed by atoms with Gasteiger partial charge in [0.05, 0.1) is 6.54 Å². The molecule has 1 aliphatic rings. The zero-order valence-electron chi connectivity index (χ0n) is 14.9. The van der Waals surface area contributed by atoms with Gasteiger partial charge in [-0.05, 0) is 63.4 Å². The summed E-state index contributed by atoms with van der Waals surface area (Å²) in [6.07, 6.45) is 5.05. The molecule has 0 amide bonds. The number of nitrogens with zero attached hydrogens (tertiary/aromatic N) is 2. The predicted molar refractivity (Wildman–Crippen MR) is 101 cm³/mol. The third-order valence-corrected chi connectivity index (χ3v) is 5.95. The second kappa shape index (κ2) is 9.93. The molecule has 4 nitrogen and oxygen atoms in total. The topological polar surface area (TPSA) is 39.7 Å². The largest absolute Gasteiger partial charge is 0.356 e. The molecule has 0 radical (unpaired) electrons. The van der Waals surface area contributed by atoms with E-state index in [-0.39, 0.29) is 0 Å². The lowest BCUT2D eigenvalue weighted by atomic mass is 9.93. The molecule has 5 heteroatoms. The minimum Gasteiger partial charge on any atom is -0.356 e. The van der Waals surface area contributed by atoms with Crippen molar-refractivity contribution in [2.24, 2.45) is 10.9 Å². The van der Waals surface area contributed by atoms with Crippen LogP contribution in [0.3, 0.4) is 0 Å². The van der Waals surface area contributed by atoms with Gasteiger partial charge in [0, 0.05) is 23.3 Å². The Kier molecular flexibility index (Phi) is 7.89. The maximum absolute atomic E-state index is 4.33. The average Bonchev–Trinajstić information content (AvgIpc) is 3.06. The summed E-state index contributed by atoms with van der Waals surface area (Å²) in [5.41, 5.74) is 0. The molecule has 1 aromatic heterocycles. The molecule has 1 aromatic rings. The Morgan fingerprint density at radius 1 is 1.22 bits per heavy atom. The van der Waals surface area contributed by atoms with Crippen molar-refractivity contribution in [1.82, 2.24) is 15.5 Å². The van der Waals surface area contributed by atoms with Gasteiger partial charge in [-0.2, -0.15) is 0 Å². The highest BCUT2D eigenvalue weighted by atomic mass is 32.1. The van der Waals surface area contributed by atoms with Crippen LogP contribution in [0.2, 0.25) is 0 Å². The van der Waals surface area contributed by atoms with E-state index in [4.69, 9.17) is 0 Å². The van der Waals surface area contributed by atoms with Crippen LogP contribution in [0, 0.1) is 5.92 Å². The lowest BCUT2D eigenvalue weighted by Crippen LogP contribution is -2.39. The fraction of sp³-hybridized carbons (Fsp3) is 0.722. The number of thiophene rings is 1. The van der Waals surface area contributed by atoms with Crippen LogP contribution in [0.4, 0.5) is 0 Å². The SMILES string of the molecule is CCc1ccc(CNC(=NC)NCCC2CCN(CC)CC2)s1. The molecule has 0 saturated carbocycles. The molecule has 0 aromatic carbocycles. The smallest absolute Gasteiger partial charge is 0.191 e. The predicted octanol–water partition coefficient (Wildman–Crippen LogP) is 3.10. The van der Waals surface area contributed by atoms with Crippen LogP contribution < -0.4 is 10.6 Å². The number of aliphatic imine (C=N–C) groups is 1. The van der Waals surface area contributed by atoms with Crippen molar-refractivity contribution in [3.05, 3.63) is 21.9 Å². The Bertz CT molecular complexity index is 475. The van der Waals surface area contributed by atoms with Gasteiger partial charge in [0.25, 0.3) is 0 Å². The number of hydrogen-bond donors (Lipinski definition) is 2. The monoisotopic (exact) mass is 336 g/mol. The number of nitrogens with one attached hydrogen (secondary N) is 2. The molecule has 0 aliphatic carbocycles. The van der Waals surface area contributed by atoms with Crippen LogP contribution in [0.25, 0.3) is 0 Å². The van der Waals surface area contributed by atoms with Gasteiger partial charge in [-0.15, -0.1) is 11.3 Å².